The molecular weight excluding hydrogens is 237 g/mol. The summed E-state index contributed by atoms with van der Waals surface area (Å²) in [5.41, 5.74) is 0. The Bertz CT molecular complexity index is 222. The quantitative estimate of drug-likeness (QED) is 0.782. The minimum absolute atomic E-state index is 0.791. The van der Waals surface area contributed by atoms with Crippen molar-refractivity contribution < 1.29 is 23.1 Å². The lowest BCUT2D eigenvalue weighted by atomic mass is 10.1. The third-order valence-electron chi connectivity index (χ3n) is 2.59. The topological polar surface area (TPSA) is 52.6 Å². The van der Waals surface area contributed by atoms with Crippen LogP contribution in [0.1, 0.15) is 20.3 Å². The molecule has 7 heteroatoms. The van der Waals surface area contributed by atoms with Crippen LogP contribution in [0.25, 0.3) is 0 Å². The predicted molar refractivity (Wildman–Crippen MR) is 57.9 cm³/mol. The van der Waals surface area contributed by atoms with Crippen molar-refractivity contribution in [2.24, 2.45) is 0 Å². The summed E-state index contributed by atoms with van der Waals surface area (Å²) in [4.78, 5) is 11.4. The van der Waals surface area contributed by atoms with Crippen LogP contribution in [0.3, 0.4) is 0 Å². The van der Waals surface area contributed by atoms with Gasteiger partial charge in [0.25, 0.3) is 0 Å². The zero-order valence-corrected chi connectivity index (χ0v) is 10.0. The van der Waals surface area contributed by atoms with E-state index < -0.39 is 12.1 Å². The molecule has 102 valence electrons. The minimum atomic E-state index is -5.08. The molecule has 1 fully saturated rings. The van der Waals surface area contributed by atoms with Crippen LogP contribution < -0.4 is 5.32 Å². The molecule has 0 aliphatic carbocycles. The number of piperazine rings is 1. The van der Waals surface area contributed by atoms with E-state index in [0.717, 1.165) is 6.04 Å². The van der Waals surface area contributed by atoms with Gasteiger partial charge < -0.3 is 10.4 Å². The van der Waals surface area contributed by atoms with E-state index in [2.05, 4.69) is 24.1 Å². The van der Waals surface area contributed by atoms with E-state index >= 15 is 0 Å². The van der Waals surface area contributed by atoms with Crippen molar-refractivity contribution in [1.29, 1.82) is 0 Å². The second kappa shape index (κ2) is 7.50. The molecule has 0 spiro atoms. The molecule has 1 aliphatic rings. The smallest absolute Gasteiger partial charge is 0.475 e. The fraction of sp³-hybridized carbons (Fsp3) is 0.900. The van der Waals surface area contributed by atoms with Gasteiger partial charge in [-0.15, -0.1) is 0 Å². The predicted octanol–water partition coefficient (Wildman–Crippen LogP) is 1.32. The summed E-state index contributed by atoms with van der Waals surface area (Å²) >= 11 is 0. The molecule has 2 N–H and O–H groups in total. The Balaban J connectivity index is 0.000000325. The van der Waals surface area contributed by atoms with Crippen molar-refractivity contribution in [2.75, 3.05) is 26.2 Å². The first kappa shape index (κ1) is 16.2. The number of alkyl halides is 3. The number of hydrogen-bond donors (Lipinski definition) is 2. The minimum Gasteiger partial charge on any atom is -0.475 e. The summed E-state index contributed by atoms with van der Waals surface area (Å²) in [6, 6.07) is 0.791. The molecule has 17 heavy (non-hydrogen) atoms. The normalized spacial score (nSPS) is 21.6. The van der Waals surface area contributed by atoms with Crippen molar-refractivity contribution in [2.45, 2.75) is 32.5 Å². The van der Waals surface area contributed by atoms with Gasteiger partial charge in [-0.1, -0.05) is 13.8 Å². The van der Waals surface area contributed by atoms with Crippen LogP contribution in [0, 0.1) is 0 Å². The average Bonchev–Trinajstić information content (AvgIpc) is 2.28. The average molecular weight is 256 g/mol. The van der Waals surface area contributed by atoms with Gasteiger partial charge in [-0.25, -0.2) is 4.79 Å². The van der Waals surface area contributed by atoms with Gasteiger partial charge in [0, 0.05) is 25.7 Å². The number of carboxylic acids is 1. The van der Waals surface area contributed by atoms with E-state index in [0.29, 0.717) is 0 Å². The molecule has 0 saturated carbocycles. The van der Waals surface area contributed by atoms with Crippen LogP contribution in [0.5, 0.6) is 0 Å². The van der Waals surface area contributed by atoms with Crippen molar-refractivity contribution >= 4 is 5.97 Å². The maximum atomic E-state index is 10.6. The summed E-state index contributed by atoms with van der Waals surface area (Å²) in [5.74, 6) is -2.76. The van der Waals surface area contributed by atoms with E-state index in [1.165, 1.54) is 32.6 Å². The second-order valence-corrected chi connectivity index (χ2v) is 3.70. The summed E-state index contributed by atoms with van der Waals surface area (Å²) in [5, 5.41) is 10.5. The maximum absolute atomic E-state index is 10.6. The number of halogens is 3. The Labute approximate surface area is 98.8 Å². The Kier molecular flexibility index (Phi) is 7.13. The number of carbonyl (C=O) groups is 1. The number of likely N-dealkylation sites (N-methyl/N-ethyl adjacent to an activating group) is 1. The molecule has 1 heterocycles. The summed E-state index contributed by atoms with van der Waals surface area (Å²) < 4.78 is 31.7. The van der Waals surface area contributed by atoms with Crippen molar-refractivity contribution in [1.82, 2.24) is 10.2 Å². The number of nitrogens with one attached hydrogen (secondary N) is 1. The molecule has 1 saturated heterocycles. The van der Waals surface area contributed by atoms with E-state index in [1.54, 1.807) is 0 Å². The lowest BCUT2D eigenvalue weighted by Gasteiger charge is -2.34. The Morgan fingerprint density at radius 2 is 2.00 bits per heavy atom. The molecule has 0 aromatic carbocycles. The van der Waals surface area contributed by atoms with Gasteiger partial charge in [-0.05, 0) is 13.0 Å². The Morgan fingerprint density at radius 3 is 2.29 bits per heavy atom. The summed E-state index contributed by atoms with van der Waals surface area (Å²) in [7, 11) is 0. The largest absolute Gasteiger partial charge is 0.490 e. The number of hydrogen-bond acceptors (Lipinski definition) is 3. The van der Waals surface area contributed by atoms with E-state index in [-0.39, 0.29) is 0 Å². The summed E-state index contributed by atoms with van der Waals surface area (Å²) in [6.45, 7) is 9.30. The molecule has 0 amide bonds. The number of rotatable bonds is 2. The lowest BCUT2D eigenvalue weighted by Crippen LogP contribution is -2.50. The van der Waals surface area contributed by atoms with Crippen LogP contribution in [0.2, 0.25) is 0 Å². The fourth-order valence-corrected chi connectivity index (χ4v) is 1.62. The van der Waals surface area contributed by atoms with E-state index in [9.17, 15) is 13.2 Å². The number of aliphatic carboxylic acids is 1. The van der Waals surface area contributed by atoms with Gasteiger partial charge in [0.1, 0.15) is 0 Å². The first-order chi connectivity index (χ1) is 7.82. The molecule has 1 rings (SSSR count). The molecule has 0 aromatic rings. The fourth-order valence-electron chi connectivity index (χ4n) is 1.62. The van der Waals surface area contributed by atoms with Crippen LogP contribution in [-0.4, -0.2) is 54.4 Å². The van der Waals surface area contributed by atoms with Gasteiger partial charge in [0.2, 0.25) is 0 Å². The van der Waals surface area contributed by atoms with Gasteiger partial charge >= 0.3 is 12.1 Å². The highest BCUT2D eigenvalue weighted by Gasteiger charge is 2.38. The van der Waals surface area contributed by atoms with Gasteiger partial charge in [0.15, 0.2) is 0 Å². The lowest BCUT2D eigenvalue weighted by molar-refractivity contribution is -0.192. The zero-order valence-electron chi connectivity index (χ0n) is 10.0. The second-order valence-electron chi connectivity index (χ2n) is 3.70. The number of carboxylic acid groups (broad SMARTS) is 1. The molecule has 0 radical (unpaired) electrons. The molecule has 0 bridgehead atoms. The third kappa shape index (κ3) is 6.48. The molecule has 1 unspecified atom stereocenters. The first-order valence-electron chi connectivity index (χ1n) is 5.57. The van der Waals surface area contributed by atoms with Crippen molar-refractivity contribution in [3.05, 3.63) is 0 Å². The Morgan fingerprint density at radius 1 is 1.47 bits per heavy atom. The SMILES string of the molecule is CCC1CNCCN1CC.O=C(O)C(F)(F)F. The van der Waals surface area contributed by atoms with E-state index in [4.69, 9.17) is 9.90 Å². The summed E-state index contributed by atoms with van der Waals surface area (Å²) in [6.07, 6.45) is -3.80. The maximum Gasteiger partial charge on any atom is 0.490 e. The highest BCUT2D eigenvalue weighted by atomic mass is 19.4. The highest BCUT2D eigenvalue weighted by Crippen LogP contribution is 2.13. The molecular formula is C10H19F3N2O2. The molecule has 1 aliphatic heterocycles. The van der Waals surface area contributed by atoms with Crippen LogP contribution in [0.4, 0.5) is 13.2 Å². The molecule has 4 nitrogen and oxygen atoms in total. The van der Waals surface area contributed by atoms with E-state index in [1.807, 2.05) is 0 Å². The van der Waals surface area contributed by atoms with Crippen molar-refractivity contribution in [3.63, 3.8) is 0 Å². The monoisotopic (exact) mass is 256 g/mol. The third-order valence-corrected chi connectivity index (χ3v) is 2.59. The number of nitrogens with zero attached hydrogens (tertiary/aromatic N) is 1. The molecule has 0 aromatic heterocycles. The Hall–Kier alpha value is -0.820. The first-order valence-corrected chi connectivity index (χ1v) is 5.57. The van der Waals surface area contributed by atoms with Crippen LogP contribution in [-0.2, 0) is 4.79 Å². The van der Waals surface area contributed by atoms with Gasteiger partial charge in [-0.2, -0.15) is 13.2 Å². The highest BCUT2D eigenvalue weighted by molar-refractivity contribution is 5.73. The zero-order chi connectivity index (χ0) is 13.5. The van der Waals surface area contributed by atoms with Crippen LogP contribution in [0.15, 0.2) is 0 Å². The van der Waals surface area contributed by atoms with Gasteiger partial charge in [-0.3, -0.25) is 4.90 Å². The molecule has 1 atom stereocenters. The standard InChI is InChI=1S/C8H18N2.C2HF3O2/c1-3-8-7-9-5-6-10(8)4-2;3-2(4,5)1(6)7/h8-9H,3-7H2,1-2H3;(H,6,7). The van der Waals surface area contributed by atoms with Crippen LogP contribution >= 0.6 is 0 Å². The van der Waals surface area contributed by atoms with Gasteiger partial charge in [0.05, 0.1) is 0 Å². The van der Waals surface area contributed by atoms with Crippen molar-refractivity contribution in [3.8, 4) is 0 Å².